The first kappa shape index (κ1) is 12.4. The van der Waals surface area contributed by atoms with Gasteiger partial charge in [-0.15, -0.1) is 0 Å². The molecule has 2 heterocycles. The Morgan fingerprint density at radius 2 is 2.37 bits per heavy atom. The lowest BCUT2D eigenvalue weighted by Gasteiger charge is -2.29. The summed E-state index contributed by atoms with van der Waals surface area (Å²) in [6, 6.07) is 7.61. The molecule has 3 rings (SSSR count). The van der Waals surface area contributed by atoms with Crippen molar-refractivity contribution >= 4 is 11.6 Å². The maximum Gasteiger partial charge on any atom is 0.253 e. The summed E-state index contributed by atoms with van der Waals surface area (Å²) in [7, 11) is 0. The number of fused-ring (bicyclic) bond motifs is 1. The van der Waals surface area contributed by atoms with E-state index in [2.05, 4.69) is 5.32 Å². The molecule has 2 aliphatic heterocycles. The van der Waals surface area contributed by atoms with E-state index in [0.717, 1.165) is 30.9 Å². The Labute approximate surface area is 112 Å². The SMILES string of the molecule is O=C(CO[C@@H]1CCNC1)N1CCOc2ccccc21. The fourth-order valence-electron chi connectivity index (χ4n) is 2.47. The van der Waals surface area contributed by atoms with Gasteiger partial charge in [0.05, 0.1) is 18.3 Å². The normalized spacial score (nSPS) is 21.9. The average Bonchev–Trinajstić information content (AvgIpc) is 2.97. The van der Waals surface area contributed by atoms with Crippen LogP contribution >= 0.6 is 0 Å². The van der Waals surface area contributed by atoms with Crippen molar-refractivity contribution in [3.05, 3.63) is 24.3 Å². The zero-order valence-corrected chi connectivity index (χ0v) is 10.8. The largest absolute Gasteiger partial charge is 0.490 e. The van der Waals surface area contributed by atoms with Crippen molar-refractivity contribution in [3.8, 4) is 5.75 Å². The number of anilines is 1. The summed E-state index contributed by atoms with van der Waals surface area (Å²) in [6.45, 7) is 3.07. The Hall–Kier alpha value is -1.59. The van der Waals surface area contributed by atoms with Gasteiger partial charge in [0.1, 0.15) is 19.0 Å². The monoisotopic (exact) mass is 262 g/mol. The summed E-state index contributed by atoms with van der Waals surface area (Å²) in [5.74, 6) is 0.771. The molecule has 0 spiro atoms. The Balaban J connectivity index is 1.64. The second-order valence-corrected chi connectivity index (χ2v) is 4.79. The molecule has 0 aliphatic carbocycles. The highest BCUT2D eigenvalue weighted by Gasteiger charge is 2.24. The van der Waals surface area contributed by atoms with Crippen LogP contribution in [0.15, 0.2) is 24.3 Å². The molecule has 1 N–H and O–H groups in total. The highest BCUT2D eigenvalue weighted by molar-refractivity contribution is 5.96. The van der Waals surface area contributed by atoms with E-state index in [-0.39, 0.29) is 18.6 Å². The molecular formula is C14H18N2O3. The van der Waals surface area contributed by atoms with Gasteiger partial charge in [-0.2, -0.15) is 0 Å². The predicted octanol–water partition coefficient (Wildman–Crippen LogP) is 0.790. The minimum Gasteiger partial charge on any atom is -0.490 e. The van der Waals surface area contributed by atoms with Crippen molar-refractivity contribution in [2.24, 2.45) is 0 Å². The van der Waals surface area contributed by atoms with Gasteiger partial charge in [0, 0.05) is 6.54 Å². The van der Waals surface area contributed by atoms with Crippen LogP contribution in [-0.2, 0) is 9.53 Å². The number of benzene rings is 1. The molecule has 0 unspecified atom stereocenters. The van der Waals surface area contributed by atoms with E-state index < -0.39 is 0 Å². The number of para-hydroxylation sites is 2. The zero-order valence-electron chi connectivity index (χ0n) is 10.8. The number of amides is 1. The summed E-state index contributed by atoms with van der Waals surface area (Å²) in [5, 5.41) is 3.22. The van der Waals surface area contributed by atoms with Crippen molar-refractivity contribution in [2.45, 2.75) is 12.5 Å². The van der Waals surface area contributed by atoms with E-state index >= 15 is 0 Å². The van der Waals surface area contributed by atoms with Crippen molar-refractivity contribution < 1.29 is 14.3 Å². The number of rotatable bonds is 3. The van der Waals surface area contributed by atoms with Crippen LogP contribution in [0, 0.1) is 0 Å². The number of carbonyl (C=O) groups is 1. The molecule has 0 saturated carbocycles. The molecule has 0 bridgehead atoms. The average molecular weight is 262 g/mol. The molecule has 1 fully saturated rings. The molecule has 5 nitrogen and oxygen atoms in total. The van der Waals surface area contributed by atoms with Gasteiger partial charge in [-0.3, -0.25) is 4.79 Å². The minimum atomic E-state index is 0.00245. The van der Waals surface area contributed by atoms with Crippen molar-refractivity contribution in [2.75, 3.05) is 37.7 Å². The molecule has 2 aliphatic rings. The number of hydrogen-bond donors (Lipinski definition) is 1. The van der Waals surface area contributed by atoms with Gasteiger partial charge in [-0.1, -0.05) is 12.1 Å². The van der Waals surface area contributed by atoms with Crippen LogP contribution in [0.3, 0.4) is 0 Å². The van der Waals surface area contributed by atoms with Crippen LogP contribution < -0.4 is 15.0 Å². The standard InChI is InChI=1S/C14H18N2O3/c17-14(10-19-11-5-6-15-9-11)16-7-8-18-13-4-2-1-3-12(13)16/h1-4,11,15H,5-10H2/t11-/m1/s1. The highest BCUT2D eigenvalue weighted by Crippen LogP contribution is 2.30. The molecule has 5 heteroatoms. The van der Waals surface area contributed by atoms with Gasteiger partial charge in [0.15, 0.2) is 0 Å². The Bertz CT molecular complexity index is 458. The van der Waals surface area contributed by atoms with Gasteiger partial charge in [0.25, 0.3) is 5.91 Å². The summed E-state index contributed by atoms with van der Waals surface area (Å²) in [4.78, 5) is 14.0. The fourth-order valence-corrected chi connectivity index (χ4v) is 2.47. The molecule has 1 aromatic rings. The summed E-state index contributed by atoms with van der Waals surface area (Å²) in [6.07, 6.45) is 1.15. The first-order valence-electron chi connectivity index (χ1n) is 6.69. The molecule has 0 radical (unpaired) electrons. The van der Waals surface area contributed by atoms with Crippen molar-refractivity contribution in [1.29, 1.82) is 0 Å². The molecule has 0 aromatic heterocycles. The van der Waals surface area contributed by atoms with Gasteiger partial charge in [0.2, 0.25) is 0 Å². The van der Waals surface area contributed by atoms with E-state index in [4.69, 9.17) is 9.47 Å². The Kier molecular flexibility index (Phi) is 3.66. The van der Waals surface area contributed by atoms with Gasteiger partial charge in [-0.05, 0) is 25.1 Å². The molecule has 102 valence electrons. The van der Waals surface area contributed by atoms with E-state index in [1.807, 2.05) is 24.3 Å². The number of ether oxygens (including phenoxy) is 2. The lowest BCUT2D eigenvalue weighted by atomic mass is 10.2. The third-order valence-electron chi connectivity index (χ3n) is 3.49. The number of hydrogen-bond acceptors (Lipinski definition) is 4. The van der Waals surface area contributed by atoms with E-state index in [1.165, 1.54) is 0 Å². The van der Waals surface area contributed by atoms with Crippen LogP contribution in [0.5, 0.6) is 5.75 Å². The lowest BCUT2D eigenvalue weighted by molar-refractivity contribution is -0.125. The minimum absolute atomic E-state index is 0.00245. The van der Waals surface area contributed by atoms with Gasteiger partial charge >= 0.3 is 0 Å². The Morgan fingerprint density at radius 3 is 3.21 bits per heavy atom. The smallest absolute Gasteiger partial charge is 0.253 e. The van der Waals surface area contributed by atoms with E-state index in [0.29, 0.717) is 13.2 Å². The first-order valence-corrected chi connectivity index (χ1v) is 6.69. The van der Waals surface area contributed by atoms with Crippen LogP contribution in [0.25, 0.3) is 0 Å². The summed E-state index contributed by atoms with van der Waals surface area (Å²) in [5.41, 5.74) is 0.840. The van der Waals surface area contributed by atoms with Gasteiger partial charge in [-0.25, -0.2) is 0 Å². The summed E-state index contributed by atoms with van der Waals surface area (Å²) >= 11 is 0. The number of carbonyl (C=O) groups excluding carboxylic acids is 1. The molecule has 1 atom stereocenters. The van der Waals surface area contributed by atoms with Crippen LogP contribution in [0.2, 0.25) is 0 Å². The van der Waals surface area contributed by atoms with E-state index in [1.54, 1.807) is 4.90 Å². The number of nitrogens with zero attached hydrogens (tertiary/aromatic N) is 1. The summed E-state index contributed by atoms with van der Waals surface area (Å²) < 4.78 is 11.2. The third kappa shape index (κ3) is 2.72. The molecule has 19 heavy (non-hydrogen) atoms. The zero-order chi connectivity index (χ0) is 13.1. The van der Waals surface area contributed by atoms with Crippen LogP contribution in [0.1, 0.15) is 6.42 Å². The predicted molar refractivity (Wildman–Crippen MR) is 71.5 cm³/mol. The fraction of sp³-hybridized carbons (Fsp3) is 0.500. The van der Waals surface area contributed by atoms with Crippen molar-refractivity contribution in [1.82, 2.24) is 5.32 Å². The topological polar surface area (TPSA) is 50.8 Å². The van der Waals surface area contributed by atoms with E-state index in [9.17, 15) is 4.79 Å². The molecule has 1 saturated heterocycles. The van der Waals surface area contributed by atoms with Gasteiger partial charge < -0.3 is 19.7 Å². The molecule has 1 amide bonds. The first-order chi connectivity index (χ1) is 9.34. The van der Waals surface area contributed by atoms with Crippen molar-refractivity contribution in [3.63, 3.8) is 0 Å². The lowest BCUT2D eigenvalue weighted by Crippen LogP contribution is -2.40. The maximum atomic E-state index is 12.2. The quantitative estimate of drug-likeness (QED) is 0.875. The third-order valence-corrected chi connectivity index (χ3v) is 3.49. The molecular weight excluding hydrogens is 244 g/mol. The molecule has 1 aromatic carbocycles. The second-order valence-electron chi connectivity index (χ2n) is 4.79. The maximum absolute atomic E-state index is 12.2. The second kappa shape index (κ2) is 5.59. The highest BCUT2D eigenvalue weighted by atomic mass is 16.5. The van der Waals surface area contributed by atoms with Crippen LogP contribution in [0.4, 0.5) is 5.69 Å². The Morgan fingerprint density at radius 1 is 1.47 bits per heavy atom. The van der Waals surface area contributed by atoms with Crippen LogP contribution in [-0.4, -0.2) is 44.9 Å². The number of nitrogens with one attached hydrogen (secondary N) is 1.